The Bertz CT molecular complexity index is 880. The first-order valence-electron chi connectivity index (χ1n) is 9.47. The fourth-order valence-electron chi connectivity index (χ4n) is 3.21. The van der Waals surface area contributed by atoms with Gasteiger partial charge in [-0.2, -0.15) is 0 Å². The van der Waals surface area contributed by atoms with E-state index in [1.807, 2.05) is 24.3 Å². The number of hydrogen-bond donors (Lipinski definition) is 1. The molecule has 7 heteroatoms. The van der Waals surface area contributed by atoms with Crippen molar-refractivity contribution in [2.75, 3.05) is 27.4 Å². The van der Waals surface area contributed by atoms with Crippen molar-refractivity contribution in [2.45, 2.75) is 25.8 Å². The lowest BCUT2D eigenvalue weighted by atomic mass is 10.1. The molecule has 1 amide bonds. The minimum Gasteiger partial charge on any atom is -0.493 e. The van der Waals surface area contributed by atoms with Gasteiger partial charge in [0.25, 0.3) is 5.91 Å². The maximum absolute atomic E-state index is 11.9. The topological polar surface area (TPSA) is 83.1 Å². The molecule has 0 saturated heterocycles. The zero-order valence-corrected chi connectivity index (χ0v) is 16.7. The largest absolute Gasteiger partial charge is 0.493 e. The number of carbonyl (C=O) groups is 2. The average molecular weight is 399 g/mol. The highest BCUT2D eigenvalue weighted by Gasteiger charge is 2.13. The van der Waals surface area contributed by atoms with E-state index in [-0.39, 0.29) is 19.8 Å². The quantitative estimate of drug-likeness (QED) is 0.652. The first-order valence-corrected chi connectivity index (χ1v) is 9.47. The lowest BCUT2D eigenvalue weighted by Crippen LogP contribution is -2.29. The smallest absolute Gasteiger partial charge is 0.344 e. The lowest BCUT2D eigenvalue weighted by molar-refractivity contribution is -0.150. The van der Waals surface area contributed by atoms with Gasteiger partial charge in [0.05, 0.1) is 14.2 Å². The molecule has 0 heterocycles. The molecule has 0 radical (unpaired) electrons. The van der Waals surface area contributed by atoms with Gasteiger partial charge in [0.2, 0.25) is 0 Å². The standard InChI is InChI=1S/C22H25NO6/c1-26-19-9-6-15(10-20(19)27-2)12-23-21(24)13-29-22(25)14-28-18-8-7-16-4-3-5-17(16)11-18/h6-11H,3-5,12-14H2,1-2H3,(H,23,24). The van der Waals surface area contributed by atoms with Crippen molar-refractivity contribution in [3.8, 4) is 17.2 Å². The van der Waals surface area contributed by atoms with Crippen LogP contribution in [0.15, 0.2) is 36.4 Å². The summed E-state index contributed by atoms with van der Waals surface area (Å²) < 4.78 is 20.8. The fourth-order valence-corrected chi connectivity index (χ4v) is 3.21. The summed E-state index contributed by atoms with van der Waals surface area (Å²) in [5.74, 6) is 0.840. The van der Waals surface area contributed by atoms with Gasteiger partial charge in [0.15, 0.2) is 24.7 Å². The molecule has 154 valence electrons. The summed E-state index contributed by atoms with van der Waals surface area (Å²) in [4.78, 5) is 23.7. The highest BCUT2D eigenvalue weighted by Crippen LogP contribution is 2.27. The van der Waals surface area contributed by atoms with Crippen LogP contribution in [0.1, 0.15) is 23.1 Å². The minimum atomic E-state index is -0.591. The zero-order chi connectivity index (χ0) is 20.6. The third-order valence-corrected chi connectivity index (χ3v) is 4.73. The zero-order valence-electron chi connectivity index (χ0n) is 16.7. The van der Waals surface area contributed by atoms with Crippen molar-refractivity contribution in [2.24, 2.45) is 0 Å². The molecule has 0 aromatic heterocycles. The molecule has 2 aromatic rings. The Morgan fingerprint density at radius 3 is 2.52 bits per heavy atom. The van der Waals surface area contributed by atoms with E-state index >= 15 is 0 Å². The summed E-state index contributed by atoms with van der Waals surface area (Å²) in [5, 5.41) is 2.69. The number of methoxy groups -OCH3 is 2. The molecule has 29 heavy (non-hydrogen) atoms. The van der Waals surface area contributed by atoms with Crippen LogP contribution in [0, 0.1) is 0 Å². The number of nitrogens with one attached hydrogen (secondary N) is 1. The number of hydrogen-bond acceptors (Lipinski definition) is 6. The number of rotatable bonds is 9. The van der Waals surface area contributed by atoms with Crippen LogP contribution in [0.5, 0.6) is 17.2 Å². The van der Waals surface area contributed by atoms with Gasteiger partial charge in [-0.1, -0.05) is 12.1 Å². The maximum atomic E-state index is 11.9. The molecule has 0 fully saturated rings. The molecule has 0 saturated carbocycles. The first kappa shape index (κ1) is 20.5. The Balaban J connectivity index is 1.38. The van der Waals surface area contributed by atoms with Crippen molar-refractivity contribution in [1.29, 1.82) is 0 Å². The number of aryl methyl sites for hydroxylation is 2. The number of esters is 1. The molecule has 0 atom stereocenters. The molecule has 3 rings (SSSR count). The minimum absolute atomic E-state index is 0.234. The maximum Gasteiger partial charge on any atom is 0.344 e. The van der Waals surface area contributed by atoms with Crippen LogP contribution in [0.25, 0.3) is 0 Å². The molecule has 0 spiro atoms. The molecule has 2 aromatic carbocycles. The molecule has 0 unspecified atom stereocenters. The number of benzene rings is 2. The highest BCUT2D eigenvalue weighted by molar-refractivity contribution is 5.80. The van der Waals surface area contributed by atoms with Gasteiger partial charge >= 0.3 is 5.97 Å². The van der Waals surface area contributed by atoms with Gasteiger partial charge in [-0.15, -0.1) is 0 Å². The second kappa shape index (κ2) is 9.82. The van der Waals surface area contributed by atoms with Crippen LogP contribution in [0.4, 0.5) is 0 Å². The predicted molar refractivity (Wildman–Crippen MR) is 106 cm³/mol. The molecule has 0 bridgehead atoms. The normalized spacial score (nSPS) is 12.1. The van der Waals surface area contributed by atoms with E-state index in [9.17, 15) is 9.59 Å². The van der Waals surface area contributed by atoms with Crippen molar-refractivity contribution < 1.29 is 28.5 Å². The SMILES string of the molecule is COc1ccc(CNC(=O)COC(=O)COc2ccc3c(c2)CCC3)cc1OC. The van der Waals surface area contributed by atoms with Gasteiger partial charge in [-0.3, -0.25) is 4.79 Å². The van der Waals surface area contributed by atoms with Crippen LogP contribution in [0.2, 0.25) is 0 Å². The summed E-state index contributed by atoms with van der Waals surface area (Å²) in [7, 11) is 3.10. The Morgan fingerprint density at radius 1 is 0.931 bits per heavy atom. The van der Waals surface area contributed by atoms with Crippen molar-refractivity contribution in [1.82, 2.24) is 5.32 Å². The molecule has 1 aliphatic carbocycles. The van der Waals surface area contributed by atoms with E-state index in [0.717, 1.165) is 24.8 Å². The third kappa shape index (κ3) is 5.63. The van der Waals surface area contributed by atoms with E-state index in [0.29, 0.717) is 17.2 Å². The molecule has 0 aliphatic heterocycles. The lowest BCUT2D eigenvalue weighted by Gasteiger charge is -2.11. The number of ether oxygens (including phenoxy) is 4. The summed E-state index contributed by atoms with van der Waals surface area (Å²) >= 11 is 0. The van der Waals surface area contributed by atoms with Gasteiger partial charge in [-0.25, -0.2) is 4.79 Å². The van der Waals surface area contributed by atoms with Gasteiger partial charge in [-0.05, 0) is 60.2 Å². The summed E-state index contributed by atoms with van der Waals surface area (Å²) in [6.45, 7) is -0.316. The fraction of sp³-hybridized carbons (Fsp3) is 0.364. The summed E-state index contributed by atoms with van der Waals surface area (Å²) in [6.07, 6.45) is 3.28. The third-order valence-electron chi connectivity index (χ3n) is 4.73. The molecular formula is C22H25NO6. The molecular weight excluding hydrogens is 374 g/mol. The van der Waals surface area contributed by atoms with Gasteiger partial charge in [0, 0.05) is 6.54 Å². The number of fused-ring (bicyclic) bond motifs is 1. The molecule has 1 aliphatic rings. The van der Waals surface area contributed by atoms with Crippen molar-refractivity contribution in [3.63, 3.8) is 0 Å². The van der Waals surface area contributed by atoms with E-state index in [1.165, 1.54) is 11.1 Å². The van der Waals surface area contributed by atoms with Crippen LogP contribution < -0.4 is 19.5 Å². The molecule has 7 nitrogen and oxygen atoms in total. The van der Waals surface area contributed by atoms with Crippen LogP contribution in [-0.4, -0.2) is 39.3 Å². The second-order valence-corrected chi connectivity index (χ2v) is 6.70. The monoisotopic (exact) mass is 399 g/mol. The van der Waals surface area contributed by atoms with Crippen molar-refractivity contribution in [3.05, 3.63) is 53.1 Å². The second-order valence-electron chi connectivity index (χ2n) is 6.70. The number of amides is 1. The highest BCUT2D eigenvalue weighted by atomic mass is 16.6. The van der Waals surface area contributed by atoms with Gasteiger partial charge < -0.3 is 24.3 Å². The Kier molecular flexibility index (Phi) is 6.94. The Hall–Kier alpha value is -3.22. The Labute approximate surface area is 169 Å². The average Bonchev–Trinajstić information content (AvgIpc) is 3.22. The summed E-state index contributed by atoms with van der Waals surface area (Å²) in [6, 6.07) is 11.2. The van der Waals surface area contributed by atoms with E-state index in [4.69, 9.17) is 18.9 Å². The van der Waals surface area contributed by atoms with E-state index in [1.54, 1.807) is 26.4 Å². The van der Waals surface area contributed by atoms with E-state index in [2.05, 4.69) is 5.32 Å². The number of carbonyl (C=O) groups excluding carboxylic acids is 2. The molecule has 1 N–H and O–H groups in total. The van der Waals surface area contributed by atoms with E-state index < -0.39 is 11.9 Å². The Morgan fingerprint density at radius 2 is 1.72 bits per heavy atom. The van der Waals surface area contributed by atoms with Crippen LogP contribution in [0.3, 0.4) is 0 Å². The van der Waals surface area contributed by atoms with Crippen molar-refractivity contribution >= 4 is 11.9 Å². The van der Waals surface area contributed by atoms with Crippen LogP contribution >= 0.6 is 0 Å². The first-order chi connectivity index (χ1) is 14.1. The van der Waals surface area contributed by atoms with Gasteiger partial charge in [0.1, 0.15) is 5.75 Å². The van der Waals surface area contributed by atoms with Crippen LogP contribution in [-0.2, 0) is 33.7 Å². The predicted octanol–water partition coefficient (Wildman–Crippen LogP) is 2.43. The summed E-state index contributed by atoms with van der Waals surface area (Å²) in [5.41, 5.74) is 3.44.